The topological polar surface area (TPSA) is 44.1 Å². The molecular formula is C11H18N2O2. The number of nitrogens with zero attached hydrogens (tertiary/aromatic N) is 2. The van der Waals surface area contributed by atoms with Crippen molar-refractivity contribution in [2.24, 2.45) is 5.41 Å². The molecule has 0 spiro atoms. The van der Waals surface area contributed by atoms with Crippen molar-refractivity contribution in [2.75, 3.05) is 6.61 Å². The summed E-state index contributed by atoms with van der Waals surface area (Å²) < 4.78 is 7.06. The van der Waals surface area contributed by atoms with Gasteiger partial charge >= 0.3 is 5.97 Å². The number of carbonyl (C=O) groups is 1. The summed E-state index contributed by atoms with van der Waals surface area (Å²) in [5.74, 6) is -0.134. The number of rotatable bonds is 5. The molecule has 0 fully saturated rings. The van der Waals surface area contributed by atoms with Gasteiger partial charge in [-0.15, -0.1) is 0 Å². The molecule has 0 aliphatic carbocycles. The zero-order chi connectivity index (χ0) is 11.3. The Morgan fingerprint density at radius 3 is 2.80 bits per heavy atom. The molecule has 0 unspecified atom stereocenters. The van der Waals surface area contributed by atoms with Crippen molar-refractivity contribution >= 4 is 5.97 Å². The maximum atomic E-state index is 11.6. The molecule has 0 amide bonds. The molecule has 0 bridgehead atoms. The third-order valence-electron chi connectivity index (χ3n) is 2.58. The lowest BCUT2D eigenvalue weighted by atomic mass is 9.91. The fourth-order valence-electron chi connectivity index (χ4n) is 1.00. The Labute approximate surface area is 90.3 Å². The van der Waals surface area contributed by atoms with E-state index in [2.05, 4.69) is 4.98 Å². The number of carbonyl (C=O) groups excluding carboxylic acids is 1. The minimum atomic E-state index is -0.380. The van der Waals surface area contributed by atoms with E-state index in [-0.39, 0.29) is 11.4 Å². The average Bonchev–Trinajstić information content (AvgIpc) is 2.70. The third-order valence-corrected chi connectivity index (χ3v) is 2.58. The minimum absolute atomic E-state index is 0.134. The first kappa shape index (κ1) is 11.8. The first-order chi connectivity index (χ1) is 7.06. The van der Waals surface area contributed by atoms with Crippen molar-refractivity contribution in [1.82, 2.24) is 9.55 Å². The Bertz CT molecular complexity index is 304. The summed E-state index contributed by atoms with van der Waals surface area (Å²) in [4.78, 5) is 15.5. The molecule has 0 N–H and O–H groups in total. The van der Waals surface area contributed by atoms with Crippen molar-refractivity contribution < 1.29 is 9.53 Å². The Hall–Kier alpha value is -1.32. The van der Waals surface area contributed by atoms with Gasteiger partial charge in [-0.05, 0) is 20.3 Å². The van der Waals surface area contributed by atoms with Gasteiger partial charge in [0.05, 0.1) is 18.3 Å². The van der Waals surface area contributed by atoms with Gasteiger partial charge in [-0.1, -0.05) is 6.92 Å². The van der Waals surface area contributed by atoms with Crippen molar-refractivity contribution in [3.05, 3.63) is 18.7 Å². The third kappa shape index (κ3) is 3.38. The molecule has 1 rings (SSSR count). The molecule has 1 aromatic rings. The molecule has 0 saturated carbocycles. The number of esters is 1. The lowest BCUT2D eigenvalue weighted by molar-refractivity contribution is -0.154. The highest BCUT2D eigenvalue weighted by Crippen LogP contribution is 2.21. The SMILES string of the molecule is CCC(C)(C)C(=O)OCCn1ccnc1. The molecule has 0 aromatic carbocycles. The highest BCUT2D eigenvalue weighted by molar-refractivity contribution is 5.75. The van der Waals surface area contributed by atoms with E-state index in [4.69, 9.17) is 4.74 Å². The van der Waals surface area contributed by atoms with Crippen LogP contribution in [0.2, 0.25) is 0 Å². The number of aromatic nitrogens is 2. The van der Waals surface area contributed by atoms with Gasteiger partial charge in [-0.25, -0.2) is 4.98 Å². The molecule has 4 nitrogen and oxygen atoms in total. The predicted octanol–water partition coefficient (Wildman–Crippen LogP) is 1.86. The van der Waals surface area contributed by atoms with Crippen LogP contribution in [0.1, 0.15) is 27.2 Å². The van der Waals surface area contributed by atoms with Crippen LogP contribution in [-0.4, -0.2) is 22.1 Å². The van der Waals surface area contributed by atoms with E-state index in [1.165, 1.54) is 0 Å². The van der Waals surface area contributed by atoms with E-state index >= 15 is 0 Å². The molecule has 0 aliphatic heterocycles. The van der Waals surface area contributed by atoms with Gasteiger partial charge in [-0.2, -0.15) is 0 Å². The zero-order valence-corrected chi connectivity index (χ0v) is 9.56. The first-order valence-corrected chi connectivity index (χ1v) is 5.19. The van der Waals surface area contributed by atoms with Gasteiger partial charge in [0, 0.05) is 12.4 Å². The maximum Gasteiger partial charge on any atom is 0.311 e. The summed E-state index contributed by atoms with van der Waals surface area (Å²) >= 11 is 0. The molecule has 0 radical (unpaired) electrons. The largest absolute Gasteiger partial charge is 0.463 e. The van der Waals surface area contributed by atoms with Crippen LogP contribution in [-0.2, 0) is 16.1 Å². The normalized spacial score (nSPS) is 11.4. The van der Waals surface area contributed by atoms with Crippen LogP contribution in [0.4, 0.5) is 0 Å². The standard InChI is InChI=1S/C11H18N2O2/c1-4-11(2,3)10(14)15-8-7-13-6-5-12-9-13/h5-6,9H,4,7-8H2,1-3H3. The van der Waals surface area contributed by atoms with Crippen LogP contribution in [0.15, 0.2) is 18.7 Å². The van der Waals surface area contributed by atoms with E-state index < -0.39 is 0 Å². The predicted molar refractivity (Wildman–Crippen MR) is 57.3 cm³/mol. The fraction of sp³-hybridized carbons (Fsp3) is 0.636. The Kier molecular flexibility index (Phi) is 3.88. The summed E-state index contributed by atoms with van der Waals surface area (Å²) in [6.07, 6.45) is 6.05. The molecule has 0 atom stereocenters. The lowest BCUT2D eigenvalue weighted by Gasteiger charge is -2.20. The smallest absolute Gasteiger partial charge is 0.311 e. The summed E-state index contributed by atoms with van der Waals surface area (Å²) in [6.45, 7) is 6.83. The summed E-state index contributed by atoms with van der Waals surface area (Å²) in [5.41, 5.74) is -0.380. The van der Waals surface area contributed by atoms with Gasteiger partial charge in [-0.3, -0.25) is 4.79 Å². The van der Waals surface area contributed by atoms with Crippen molar-refractivity contribution in [2.45, 2.75) is 33.7 Å². The number of ether oxygens (including phenoxy) is 1. The monoisotopic (exact) mass is 210 g/mol. The summed E-state index contributed by atoms with van der Waals surface area (Å²) in [5, 5.41) is 0. The fourth-order valence-corrected chi connectivity index (χ4v) is 1.00. The second-order valence-corrected chi connectivity index (χ2v) is 4.17. The molecule has 0 aliphatic rings. The van der Waals surface area contributed by atoms with E-state index in [1.807, 2.05) is 31.5 Å². The van der Waals surface area contributed by atoms with Gasteiger partial charge < -0.3 is 9.30 Å². The quantitative estimate of drug-likeness (QED) is 0.697. The van der Waals surface area contributed by atoms with Crippen LogP contribution in [0.25, 0.3) is 0 Å². The van der Waals surface area contributed by atoms with Gasteiger partial charge in [0.2, 0.25) is 0 Å². The van der Waals surface area contributed by atoms with Gasteiger partial charge in [0.25, 0.3) is 0 Å². The molecule has 1 aromatic heterocycles. The van der Waals surface area contributed by atoms with E-state index in [0.29, 0.717) is 13.2 Å². The molecule has 15 heavy (non-hydrogen) atoms. The molecular weight excluding hydrogens is 192 g/mol. The van der Waals surface area contributed by atoms with Crippen LogP contribution in [0, 0.1) is 5.41 Å². The minimum Gasteiger partial charge on any atom is -0.463 e. The highest BCUT2D eigenvalue weighted by atomic mass is 16.5. The summed E-state index contributed by atoms with van der Waals surface area (Å²) in [7, 11) is 0. The molecule has 4 heteroatoms. The zero-order valence-electron chi connectivity index (χ0n) is 9.56. The van der Waals surface area contributed by atoms with Crippen molar-refractivity contribution in [3.63, 3.8) is 0 Å². The second kappa shape index (κ2) is 4.96. The average molecular weight is 210 g/mol. The van der Waals surface area contributed by atoms with Crippen molar-refractivity contribution in [1.29, 1.82) is 0 Å². The maximum absolute atomic E-state index is 11.6. The lowest BCUT2D eigenvalue weighted by Crippen LogP contribution is -2.26. The van der Waals surface area contributed by atoms with Crippen LogP contribution >= 0.6 is 0 Å². The van der Waals surface area contributed by atoms with Gasteiger partial charge in [0.1, 0.15) is 6.61 Å². The molecule has 1 heterocycles. The van der Waals surface area contributed by atoms with Crippen LogP contribution < -0.4 is 0 Å². The molecule has 0 saturated heterocycles. The molecule has 84 valence electrons. The van der Waals surface area contributed by atoms with E-state index in [1.54, 1.807) is 12.5 Å². The highest BCUT2D eigenvalue weighted by Gasteiger charge is 2.26. The van der Waals surface area contributed by atoms with E-state index in [0.717, 1.165) is 6.42 Å². The second-order valence-electron chi connectivity index (χ2n) is 4.17. The van der Waals surface area contributed by atoms with Crippen LogP contribution in [0.3, 0.4) is 0 Å². The van der Waals surface area contributed by atoms with Crippen molar-refractivity contribution in [3.8, 4) is 0 Å². The number of hydrogen-bond donors (Lipinski definition) is 0. The Balaban J connectivity index is 2.29. The first-order valence-electron chi connectivity index (χ1n) is 5.19. The van der Waals surface area contributed by atoms with Gasteiger partial charge in [0.15, 0.2) is 0 Å². The van der Waals surface area contributed by atoms with Crippen LogP contribution in [0.5, 0.6) is 0 Å². The number of hydrogen-bond acceptors (Lipinski definition) is 3. The summed E-state index contributed by atoms with van der Waals surface area (Å²) in [6, 6.07) is 0. The Morgan fingerprint density at radius 1 is 1.53 bits per heavy atom. The number of imidazole rings is 1. The Morgan fingerprint density at radius 2 is 2.27 bits per heavy atom. The van der Waals surface area contributed by atoms with E-state index in [9.17, 15) is 4.79 Å².